The average molecular weight is 835 g/mol. The summed E-state index contributed by atoms with van der Waals surface area (Å²) in [7, 11) is 1.36. The van der Waals surface area contributed by atoms with Crippen LogP contribution in [0.15, 0.2) is 0 Å². The van der Waals surface area contributed by atoms with Gasteiger partial charge in [-0.3, -0.25) is 0 Å². The van der Waals surface area contributed by atoms with Crippen LogP contribution in [-0.2, 0) is 52.1 Å². The van der Waals surface area contributed by atoms with Crippen LogP contribution < -0.4 is 0 Å². The van der Waals surface area contributed by atoms with Gasteiger partial charge in [-0.15, -0.1) is 0 Å². The Morgan fingerprint density at radius 2 is 0.877 bits per heavy atom. The smallest absolute Gasteiger partial charge is 0.187 e. The first kappa shape index (κ1) is 47.2. The van der Waals surface area contributed by atoms with Crippen LogP contribution in [0.4, 0.5) is 0 Å². The van der Waals surface area contributed by atoms with Crippen molar-refractivity contribution < 1.29 is 108 Å². The minimum Gasteiger partial charge on any atom is -0.394 e. The number of aliphatic hydroxyl groups is 11. The van der Waals surface area contributed by atoms with Gasteiger partial charge < -0.3 is 108 Å². The molecule has 5 heterocycles. The first-order valence-electron chi connectivity index (χ1n) is 19.4. The van der Waals surface area contributed by atoms with Crippen molar-refractivity contribution in [3.8, 4) is 0 Å². The quantitative estimate of drug-likeness (QED) is 0.0778. The fourth-order valence-electron chi connectivity index (χ4n) is 7.58. The van der Waals surface area contributed by atoms with Crippen molar-refractivity contribution in [2.45, 2.75) is 188 Å². The molecule has 334 valence electrons. The van der Waals surface area contributed by atoms with Gasteiger partial charge in [-0.05, 0) is 27.2 Å². The third kappa shape index (κ3) is 9.94. The zero-order chi connectivity index (χ0) is 42.0. The van der Waals surface area contributed by atoms with Crippen molar-refractivity contribution in [3.05, 3.63) is 0 Å². The average Bonchev–Trinajstić information content (AvgIpc) is 3.19. The fraction of sp³-hybridized carbons (Fsp3) is 1.00. The first-order chi connectivity index (χ1) is 27.0. The second-order valence-corrected chi connectivity index (χ2v) is 15.3. The van der Waals surface area contributed by atoms with Crippen LogP contribution in [-0.4, -0.2) is 231 Å². The topological polar surface area (TPSA) is 324 Å². The maximum atomic E-state index is 11.5. The summed E-state index contributed by atoms with van der Waals surface area (Å²) < 4.78 is 65.7. The van der Waals surface area contributed by atoms with Crippen LogP contribution in [0.1, 0.15) is 41.0 Å². The van der Waals surface area contributed by atoms with Gasteiger partial charge in [-0.1, -0.05) is 13.8 Å². The molecule has 10 unspecified atom stereocenters. The molecule has 5 saturated heterocycles. The Balaban J connectivity index is 1.50. The summed E-state index contributed by atoms with van der Waals surface area (Å²) in [5.41, 5.74) is 0. The van der Waals surface area contributed by atoms with E-state index >= 15 is 0 Å². The molecule has 0 radical (unpaired) electrons. The molecule has 0 saturated carbocycles. The lowest BCUT2D eigenvalue weighted by atomic mass is 9.92. The van der Waals surface area contributed by atoms with Crippen LogP contribution in [0.3, 0.4) is 0 Å². The second-order valence-electron chi connectivity index (χ2n) is 15.3. The highest BCUT2D eigenvalue weighted by molar-refractivity contribution is 4.98. The lowest BCUT2D eigenvalue weighted by Gasteiger charge is -2.51. The minimum atomic E-state index is -1.93. The van der Waals surface area contributed by atoms with Crippen LogP contribution in [0.2, 0.25) is 0 Å². The van der Waals surface area contributed by atoms with E-state index in [-0.39, 0.29) is 0 Å². The summed E-state index contributed by atoms with van der Waals surface area (Å²) in [6.45, 7) is 6.60. The Kier molecular flexibility index (Phi) is 16.8. The van der Waals surface area contributed by atoms with Gasteiger partial charge in [0.15, 0.2) is 31.5 Å². The minimum absolute atomic E-state index is 0.294. The van der Waals surface area contributed by atoms with E-state index in [1.165, 1.54) is 27.9 Å². The fourth-order valence-corrected chi connectivity index (χ4v) is 7.58. The molecule has 5 rings (SSSR count). The van der Waals surface area contributed by atoms with E-state index in [9.17, 15) is 56.2 Å². The summed E-state index contributed by atoms with van der Waals surface area (Å²) in [4.78, 5) is 0. The third-order valence-corrected chi connectivity index (χ3v) is 11.3. The van der Waals surface area contributed by atoms with Gasteiger partial charge in [-0.25, -0.2) is 0 Å². The molecule has 0 aromatic carbocycles. The van der Waals surface area contributed by atoms with E-state index < -0.39 is 167 Å². The predicted octanol–water partition coefficient (Wildman–Crippen LogP) is -5.48. The zero-order valence-electron chi connectivity index (χ0n) is 32.7. The van der Waals surface area contributed by atoms with Crippen molar-refractivity contribution in [1.82, 2.24) is 0 Å². The Hall–Kier alpha value is -0.880. The summed E-state index contributed by atoms with van der Waals surface area (Å²) in [6.07, 6.45) is -34.9. The molecule has 22 heteroatoms. The molecule has 0 spiro atoms. The summed E-state index contributed by atoms with van der Waals surface area (Å²) in [5.74, 6) is -1.01. The molecule has 57 heavy (non-hydrogen) atoms. The lowest BCUT2D eigenvalue weighted by molar-refractivity contribution is -0.410. The van der Waals surface area contributed by atoms with Crippen LogP contribution in [0.25, 0.3) is 0 Å². The van der Waals surface area contributed by atoms with Crippen molar-refractivity contribution in [2.75, 3.05) is 26.9 Å². The van der Waals surface area contributed by atoms with Gasteiger partial charge >= 0.3 is 0 Å². The molecule has 0 amide bonds. The SMILES string of the molecule is CCCO[C@@H]1OC(C)[C@H](O)C(O[C@@H]2OC(C)[C@H](O)C(O)[C@@H]2O[C@@H]2OC(C)[C@H](O)C(O[C@H]3O[C@@H](CO)[C@@H](O)C(O)C3O)[C@@H]2O[C@@H]2OC(CO)[C@@H](O)C(O)[C@@H]2C)[C@@H]1OC. The number of ether oxygens (including phenoxy) is 11. The van der Waals surface area contributed by atoms with Crippen LogP contribution >= 0.6 is 0 Å². The summed E-state index contributed by atoms with van der Waals surface area (Å²) in [6, 6.07) is 0. The van der Waals surface area contributed by atoms with Crippen LogP contribution in [0, 0.1) is 5.92 Å². The molecule has 0 aliphatic carbocycles. The van der Waals surface area contributed by atoms with E-state index in [4.69, 9.17) is 52.1 Å². The molecule has 22 nitrogen and oxygen atoms in total. The van der Waals surface area contributed by atoms with Gasteiger partial charge in [-0.2, -0.15) is 0 Å². The van der Waals surface area contributed by atoms with Gasteiger partial charge in [0.1, 0.15) is 91.6 Å². The van der Waals surface area contributed by atoms with Gasteiger partial charge in [0.05, 0.1) is 37.6 Å². The normalized spacial score (nSPS) is 52.5. The highest BCUT2D eigenvalue weighted by atomic mass is 16.8. The lowest BCUT2D eigenvalue weighted by Crippen LogP contribution is -2.68. The molecule has 5 aliphatic heterocycles. The van der Waals surface area contributed by atoms with E-state index in [2.05, 4.69) is 0 Å². The molecule has 0 bridgehead atoms. The van der Waals surface area contributed by atoms with E-state index in [1.54, 1.807) is 6.92 Å². The molecule has 0 aromatic heterocycles. The standard InChI is InChI=1S/C35H62O22/c1-7-8-48-33-29(47-6)26(19(40)13(4)49-33)55-34-28(24(45)18(39)12(3)50-34)56-35-30(57-31-11(2)17(38)21(42)15(9-36)52-31)27(20(41)14(5)51-35)54-32-25(46)23(44)22(43)16(10-37)53-32/h11-46H,7-10H2,1-6H3/t11-,12?,13?,14?,15?,16-,17?,18-,19-,20-,21+,22+,23?,24?,25?,26?,27?,28-,29-,30-,31-,32+,33+,34-,35-/m0/s1. The Morgan fingerprint density at radius 1 is 0.421 bits per heavy atom. The molecule has 0 aromatic rings. The predicted molar refractivity (Wildman–Crippen MR) is 184 cm³/mol. The zero-order valence-corrected chi connectivity index (χ0v) is 32.7. The van der Waals surface area contributed by atoms with E-state index in [0.717, 1.165) is 0 Å². The van der Waals surface area contributed by atoms with Crippen LogP contribution in [0.5, 0.6) is 0 Å². The van der Waals surface area contributed by atoms with E-state index in [1.807, 2.05) is 6.92 Å². The van der Waals surface area contributed by atoms with E-state index in [0.29, 0.717) is 13.0 Å². The van der Waals surface area contributed by atoms with Crippen molar-refractivity contribution in [3.63, 3.8) is 0 Å². The first-order valence-corrected chi connectivity index (χ1v) is 19.4. The highest BCUT2D eigenvalue weighted by Gasteiger charge is 2.57. The summed E-state index contributed by atoms with van der Waals surface area (Å²) in [5, 5.41) is 118. The molecule has 25 atom stereocenters. The number of hydrogen-bond acceptors (Lipinski definition) is 22. The molecule has 5 aliphatic rings. The molecule has 5 fully saturated rings. The number of hydrogen-bond donors (Lipinski definition) is 11. The maximum absolute atomic E-state index is 11.5. The number of aliphatic hydroxyl groups excluding tert-OH is 11. The maximum Gasteiger partial charge on any atom is 0.187 e. The largest absolute Gasteiger partial charge is 0.394 e. The van der Waals surface area contributed by atoms with Gasteiger partial charge in [0.2, 0.25) is 0 Å². The molecule has 11 N–H and O–H groups in total. The highest BCUT2D eigenvalue weighted by Crippen LogP contribution is 2.38. The Bertz CT molecular complexity index is 1220. The van der Waals surface area contributed by atoms with Gasteiger partial charge in [0.25, 0.3) is 0 Å². The Morgan fingerprint density at radius 3 is 1.44 bits per heavy atom. The third-order valence-electron chi connectivity index (χ3n) is 11.3. The van der Waals surface area contributed by atoms with Crippen molar-refractivity contribution >= 4 is 0 Å². The number of rotatable bonds is 14. The monoisotopic (exact) mass is 834 g/mol. The number of methoxy groups -OCH3 is 1. The van der Waals surface area contributed by atoms with Gasteiger partial charge in [0, 0.05) is 19.6 Å². The Labute approximate surface area is 329 Å². The van der Waals surface area contributed by atoms with Crippen molar-refractivity contribution in [2.24, 2.45) is 5.92 Å². The summed E-state index contributed by atoms with van der Waals surface area (Å²) >= 11 is 0. The van der Waals surface area contributed by atoms with Crippen molar-refractivity contribution in [1.29, 1.82) is 0 Å². The molecular weight excluding hydrogens is 772 g/mol. The second kappa shape index (κ2) is 20.3. The molecular formula is C35H62O22.